The van der Waals surface area contributed by atoms with E-state index < -0.39 is 11.4 Å². The van der Waals surface area contributed by atoms with Crippen molar-refractivity contribution >= 4 is 5.97 Å². The van der Waals surface area contributed by atoms with Crippen LogP contribution in [0.3, 0.4) is 0 Å². The average molecular weight is 275 g/mol. The number of ether oxygens (including phenoxy) is 1. The Morgan fingerprint density at radius 1 is 1.35 bits per heavy atom. The zero-order chi connectivity index (χ0) is 14.8. The Bertz CT molecular complexity index is 602. The van der Waals surface area contributed by atoms with Gasteiger partial charge in [-0.1, -0.05) is 5.21 Å². The van der Waals surface area contributed by atoms with Gasteiger partial charge in [0.2, 0.25) is 0 Å². The van der Waals surface area contributed by atoms with E-state index in [4.69, 9.17) is 9.84 Å². The molecule has 0 fully saturated rings. The summed E-state index contributed by atoms with van der Waals surface area (Å²) in [4.78, 5) is 11.1. The zero-order valence-corrected chi connectivity index (χ0v) is 11.7. The first kappa shape index (κ1) is 14.0. The Morgan fingerprint density at radius 2 is 2.00 bits per heavy atom. The molecule has 0 amide bonds. The highest BCUT2D eigenvalue weighted by molar-refractivity contribution is 5.73. The molecule has 0 aliphatic rings. The van der Waals surface area contributed by atoms with Crippen LogP contribution < -0.4 is 4.74 Å². The lowest BCUT2D eigenvalue weighted by molar-refractivity contribution is -0.146. The quantitative estimate of drug-likeness (QED) is 0.902. The second-order valence-electron chi connectivity index (χ2n) is 5.22. The summed E-state index contributed by atoms with van der Waals surface area (Å²) >= 11 is 0. The Morgan fingerprint density at radius 3 is 2.55 bits per heavy atom. The summed E-state index contributed by atoms with van der Waals surface area (Å²) in [7, 11) is 1.61. The van der Waals surface area contributed by atoms with Crippen molar-refractivity contribution in [2.45, 2.75) is 20.3 Å². The van der Waals surface area contributed by atoms with Crippen molar-refractivity contribution in [1.82, 2.24) is 15.0 Å². The van der Waals surface area contributed by atoms with Crippen molar-refractivity contribution in [2.75, 3.05) is 7.11 Å². The standard InChI is InChI=1S/C14H17N3O3/c1-14(2,13(18)19)8-10-9-17(16-15-10)11-4-6-12(20-3)7-5-11/h4-7,9H,8H2,1-3H3,(H,18,19). The molecule has 0 unspecified atom stereocenters. The Labute approximate surface area is 117 Å². The molecule has 2 rings (SSSR count). The zero-order valence-electron chi connectivity index (χ0n) is 11.7. The van der Waals surface area contributed by atoms with Crippen LogP contribution in [0.4, 0.5) is 0 Å². The number of hydrogen-bond donors (Lipinski definition) is 1. The molecule has 6 nitrogen and oxygen atoms in total. The molecule has 0 aliphatic carbocycles. The third kappa shape index (κ3) is 2.96. The molecule has 0 aliphatic heterocycles. The maximum atomic E-state index is 11.1. The van der Waals surface area contributed by atoms with Gasteiger partial charge >= 0.3 is 5.97 Å². The Balaban J connectivity index is 2.18. The number of benzene rings is 1. The molecule has 20 heavy (non-hydrogen) atoms. The van der Waals surface area contributed by atoms with E-state index in [1.807, 2.05) is 24.3 Å². The summed E-state index contributed by atoms with van der Waals surface area (Å²) in [5.74, 6) is -0.0856. The van der Waals surface area contributed by atoms with Crippen molar-refractivity contribution in [3.8, 4) is 11.4 Å². The molecular weight excluding hydrogens is 258 g/mol. The van der Waals surface area contributed by atoms with Crippen LogP contribution in [-0.4, -0.2) is 33.2 Å². The molecule has 1 heterocycles. The van der Waals surface area contributed by atoms with Crippen molar-refractivity contribution in [1.29, 1.82) is 0 Å². The fourth-order valence-electron chi connectivity index (χ4n) is 1.77. The number of carbonyl (C=O) groups is 1. The van der Waals surface area contributed by atoms with Crippen LogP contribution in [-0.2, 0) is 11.2 Å². The van der Waals surface area contributed by atoms with Crippen LogP contribution >= 0.6 is 0 Å². The molecule has 0 bridgehead atoms. The third-order valence-electron chi connectivity index (χ3n) is 3.08. The number of nitrogens with zero attached hydrogens (tertiary/aromatic N) is 3. The molecule has 1 aromatic carbocycles. The lowest BCUT2D eigenvalue weighted by atomic mass is 9.88. The third-order valence-corrected chi connectivity index (χ3v) is 3.08. The summed E-state index contributed by atoms with van der Waals surface area (Å²) in [5.41, 5.74) is 0.631. The first-order valence-electron chi connectivity index (χ1n) is 6.21. The minimum absolute atomic E-state index is 0.332. The Hall–Kier alpha value is -2.37. The molecule has 2 aromatic rings. The van der Waals surface area contributed by atoms with Gasteiger partial charge in [0.1, 0.15) is 5.75 Å². The van der Waals surface area contributed by atoms with Crippen LogP contribution in [0.1, 0.15) is 19.5 Å². The molecule has 0 saturated carbocycles. The molecule has 6 heteroatoms. The molecule has 0 spiro atoms. The van der Waals surface area contributed by atoms with Gasteiger partial charge in [-0.25, -0.2) is 4.68 Å². The fourth-order valence-corrected chi connectivity index (χ4v) is 1.77. The number of carboxylic acids is 1. The number of aliphatic carboxylic acids is 1. The predicted molar refractivity (Wildman–Crippen MR) is 73.0 cm³/mol. The minimum Gasteiger partial charge on any atom is -0.497 e. The normalized spacial score (nSPS) is 11.3. The van der Waals surface area contributed by atoms with Crippen LogP contribution in [0.15, 0.2) is 30.5 Å². The topological polar surface area (TPSA) is 77.2 Å². The lowest BCUT2D eigenvalue weighted by Gasteiger charge is -2.16. The summed E-state index contributed by atoms with van der Waals surface area (Å²) < 4.78 is 6.71. The first-order valence-corrected chi connectivity index (χ1v) is 6.21. The Kier molecular flexibility index (Phi) is 3.74. The molecule has 0 saturated heterocycles. The van der Waals surface area contributed by atoms with Crippen molar-refractivity contribution in [3.05, 3.63) is 36.2 Å². The second kappa shape index (κ2) is 5.32. The summed E-state index contributed by atoms with van der Waals surface area (Å²) in [6.45, 7) is 3.34. The van der Waals surface area contributed by atoms with E-state index >= 15 is 0 Å². The molecule has 1 N–H and O–H groups in total. The van der Waals surface area contributed by atoms with Gasteiger partial charge in [0.25, 0.3) is 0 Å². The maximum absolute atomic E-state index is 11.1. The second-order valence-corrected chi connectivity index (χ2v) is 5.22. The van der Waals surface area contributed by atoms with Crippen LogP contribution in [0.25, 0.3) is 5.69 Å². The maximum Gasteiger partial charge on any atom is 0.309 e. The predicted octanol–water partition coefficient (Wildman–Crippen LogP) is 1.93. The molecule has 106 valence electrons. The van der Waals surface area contributed by atoms with E-state index in [9.17, 15) is 4.79 Å². The van der Waals surface area contributed by atoms with Crippen molar-refractivity contribution < 1.29 is 14.6 Å². The van der Waals surface area contributed by atoms with E-state index in [0.29, 0.717) is 12.1 Å². The lowest BCUT2D eigenvalue weighted by Crippen LogP contribution is -2.26. The number of hydrogen-bond acceptors (Lipinski definition) is 4. The van der Waals surface area contributed by atoms with Gasteiger partial charge in [0, 0.05) is 6.42 Å². The van der Waals surface area contributed by atoms with E-state index in [1.54, 1.807) is 31.8 Å². The summed E-state index contributed by atoms with van der Waals surface area (Å²) in [6, 6.07) is 7.38. The monoisotopic (exact) mass is 275 g/mol. The minimum atomic E-state index is -0.860. The van der Waals surface area contributed by atoms with E-state index in [1.165, 1.54) is 0 Å². The molecule has 0 atom stereocenters. The number of methoxy groups -OCH3 is 1. The van der Waals surface area contributed by atoms with E-state index in [-0.39, 0.29) is 0 Å². The van der Waals surface area contributed by atoms with E-state index in [2.05, 4.69) is 10.3 Å². The van der Waals surface area contributed by atoms with Crippen molar-refractivity contribution in [3.63, 3.8) is 0 Å². The summed E-state index contributed by atoms with van der Waals surface area (Å²) in [5, 5.41) is 17.2. The number of carboxylic acid groups (broad SMARTS) is 1. The first-order chi connectivity index (χ1) is 9.42. The largest absolute Gasteiger partial charge is 0.497 e. The van der Waals surface area contributed by atoms with Crippen LogP contribution in [0.2, 0.25) is 0 Å². The average Bonchev–Trinajstić information content (AvgIpc) is 2.86. The van der Waals surface area contributed by atoms with Crippen LogP contribution in [0.5, 0.6) is 5.75 Å². The summed E-state index contributed by atoms with van der Waals surface area (Å²) in [6.07, 6.45) is 2.07. The molecular formula is C14H17N3O3. The van der Waals surface area contributed by atoms with Gasteiger partial charge in [-0.2, -0.15) is 0 Å². The number of rotatable bonds is 5. The highest BCUT2D eigenvalue weighted by atomic mass is 16.5. The van der Waals surface area contributed by atoms with E-state index in [0.717, 1.165) is 11.4 Å². The van der Waals surface area contributed by atoms with Crippen molar-refractivity contribution in [2.24, 2.45) is 5.41 Å². The smallest absolute Gasteiger partial charge is 0.309 e. The highest BCUT2D eigenvalue weighted by Gasteiger charge is 2.28. The van der Waals surface area contributed by atoms with Gasteiger partial charge < -0.3 is 9.84 Å². The van der Waals surface area contributed by atoms with Gasteiger partial charge in [-0.15, -0.1) is 5.10 Å². The highest BCUT2D eigenvalue weighted by Crippen LogP contribution is 2.21. The molecule has 1 aromatic heterocycles. The fraction of sp³-hybridized carbons (Fsp3) is 0.357. The SMILES string of the molecule is COc1ccc(-n2cc(CC(C)(C)C(=O)O)nn2)cc1. The van der Waals surface area contributed by atoms with Gasteiger partial charge in [-0.3, -0.25) is 4.79 Å². The van der Waals surface area contributed by atoms with Crippen LogP contribution in [0, 0.1) is 5.41 Å². The van der Waals surface area contributed by atoms with Gasteiger partial charge in [-0.05, 0) is 38.1 Å². The molecule has 0 radical (unpaired) electrons. The van der Waals surface area contributed by atoms with Gasteiger partial charge in [0.05, 0.1) is 30.1 Å². The number of aromatic nitrogens is 3. The van der Waals surface area contributed by atoms with Gasteiger partial charge in [0.15, 0.2) is 0 Å².